The van der Waals surface area contributed by atoms with Crippen molar-refractivity contribution < 1.29 is 9.90 Å². The average molecular weight is 256 g/mol. The van der Waals surface area contributed by atoms with Crippen molar-refractivity contribution >= 4 is 5.91 Å². The van der Waals surface area contributed by atoms with Crippen LogP contribution in [-0.2, 0) is 4.79 Å². The van der Waals surface area contributed by atoms with Crippen LogP contribution in [0.15, 0.2) is 0 Å². The summed E-state index contributed by atoms with van der Waals surface area (Å²) in [7, 11) is 0. The molecule has 4 heteroatoms. The van der Waals surface area contributed by atoms with Crippen LogP contribution in [0.5, 0.6) is 0 Å². The van der Waals surface area contributed by atoms with Crippen LogP contribution in [0.4, 0.5) is 0 Å². The molecule has 4 nitrogen and oxygen atoms in total. The van der Waals surface area contributed by atoms with Gasteiger partial charge in [-0.05, 0) is 38.6 Å². The molecule has 1 aliphatic rings. The topological polar surface area (TPSA) is 61.4 Å². The van der Waals surface area contributed by atoms with Crippen molar-refractivity contribution in [3.8, 4) is 0 Å². The second-order valence-corrected chi connectivity index (χ2v) is 5.26. The van der Waals surface area contributed by atoms with Crippen LogP contribution >= 0.6 is 0 Å². The highest BCUT2D eigenvalue weighted by molar-refractivity contribution is 5.86. The van der Waals surface area contributed by atoms with Crippen LogP contribution in [-0.4, -0.2) is 36.2 Å². The van der Waals surface area contributed by atoms with Crippen molar-refractivity contribution in [2.45, 2.75) is 63.8 Å². The number of carbonyl (C=O) groups is 1. The van der Waals surface area contributed by atoms with Gasteiger partial charge in [0.1, 0.15) is 0 Å². The number of aliphatic hydroxyl groups is 1. The van der Waals surface area contributed by atoms with Gasteiger partial charge in [0, 0.05) is 13.2 Å². The number of hydrogen-bond donors (Lipinski definition) is 3. The van der Waals surface area contributed by atoms with Crippen LogP contribution in [0.3, 0.4) is 0 Å². The highest BCUT2D eigenvalue weighted by Gasteiger charge is 2.39. The van der Waals surface area contributed by atoms with E-state index in [2.05, 4.69) is 17.6 Å². The molecule has 106 valence electrons. The predicted octanol–water partition coefficient (Wildman–Crippen LogP) is 1.58. The van der Waals surface area contributed by atoms with E-state index in [0.29, 0.717) is 0 Å². The van der Waals surface area contributed by atoms with Gasteiger partial charge in [-0.25, -0.2) is 0 Å². The van der Waals surface area contributed by atoms with Gasteiger partial charge in [0.25, 0.3) is 0 Å². The Bertz CT molecular complexity index is 238. The molecule has 1 unspecified atom stereocenters. The summed E-state index contributed by atoms with van der Waals surface area (Å²) in [4.78, 5) is 12.2. The number of aliphatic hydroxyl groups excluding tert-OH is 1. The van der Waals surface area contributed by atoms with Crippen LogP contribution in [0.25, 0.3) is 0 Å². The quantitative estimate of drug-likeness (QED) is 0.549. The van der Waals surface area contributed by atoms with E-state index in [0.717, 1.165) is 64.5 Å². The fourth-order valence-electron chi connectivity index (χ4n) is 2.72. The first-order valence-corrected chi connectivity index (χ1v) is 7.39. The monoisotopic (exact) mass is 256 g/mol. The first kappa shape index (κ1) is 15.4. The van der Waals surface area contributed by atoms with E-state index in [1.807, 2.05) is 0 Å². The smallest absolute Gasteiger partial charge is 0.240 e. The zero-order chi connectivity index (χ0) is 13.3. The van der Waals surface area contributed by atoms with Crippen LogP contribution in [0.2, 0.25) is 0 Å². The summed E-state index contributed by atoms with van der Waals surface area (Å²) in [5, 5.41) is 15.1. The van der Waals surface area contributed by atoms with Crippen molar-refractivity contribution in [2.75, 3.05) is 19.7 Å². The number of nitrogens with one attached hydrogen (secondary N) is 2. The van der Waals surface area contributed by atoms with Crippen molar-refractivity contribution in [1.29, 1.82) is 0 Å². The first-order chi connectivity index (χ1) is 8.75. The number of unbranched alkanes of at least 4 members (excludes halogenated alkanes) is 3. The Morgan fingerprint density at radius 2 is 2.11 bits per heavy atom. The largest absolute Gasteiger partial charge is 0.396 e. The molecule has 0 bridgehead atoms. The van der Waals surface area contributed by atoms with E-state index in [4.69, 9.17) is 5.11 Å². The Balaban J connectivity index is 2.21. The van der Waals surface area contributed by atoms with Crippen molar-refractivity contribution in [1.82, 2.24) is 10.6 Å². The van der Waals surface area contributed by atoms with Gasteiger partial charge in [0.15, 0.2) is 0 Å². The molecule has 0 aromatic carbocycles. The second-order valence-electron chi connectivity index (χ2n) is 5.26. The summed E-state index contributed by atoms with van der Waals surface area (Å²) < 4.78 is 0. The molecule has 1 amide bonds. The Hall–Kier alpha value is -0.610. The highest BCUT2D eigenvalue weighted by Crippen LogP contribution is 2.24. The Labute approximate surface area is 111 Å². The molecule has 0 aromatic rings. The number of rotatable bonds is 9. The highest BCUT2D eigenvalue weighted by atomic mass is 16.2. The standard InChI is InChI=1S/C14H28N2O2/c1-2-8-14(9-7-11-16-14)13(18)15-10-5-3-4-6-12-17/h16-17H,2-12H2,1H3,(H,15,18). The van der Waals surface area contributed by atoms with Gasteiger partial charge >= 0.3 is 0 Å². The van der Waals surface area contributed by atoms with E-state index in [9.17, 15) is 4.79 Å². The summed E-state index contributed by atoms with van der Waals surface area (Å²) >= 11 is 0. The SMILES string of the molecule is CCCC1(C(=O)NCCCCCCO)CCCN1. The molecule has 3 N–H and O–H groups in total. The third kappa shape index (κ3) is 4.58. The minimum absolute atomic E-state index is 0.184. The maximum absolute atomic E-state index is 12.2. The molecule has 0 saturated carbocycles. The van der Waals surface area contributed by atoms with Gasteiger partial charge in [-0.3, -0.25) is 4.79 Å². The Morgan fingerprint density at radius 1 is 1.33 bits per heavy atom. The predicted molar refractivity (Wildman–Crippen MR) is 73.4 cm³/mol. The Morgan fingerprint density at radius 3 is 2.72 bits per heavy atom. The number of amides is 1. The fourth-order valence-corrected chi connectivity index (χ4v) is 2.72. The van der Waals surface area contributed by atoms with Crippen molar-refractivity contribution in [3.63, 3.8) is 0 Å². The lowest BCUT2D eigenvalue weighted by Crippen LogP contribution is -2.53. The first-order valence-electron chi connectivity index (χ1n) is 7.39. The van der Waals surface area contributed by atoms with Crippen molar-refractivity contribution in [2.24, 2.45) is 0 Å². The lowest BCUT2D eigenvalue weighted by Gasteiger charge is -2.27. The van der Waals surface area contributed by atoms with E-state index in [-0.39, 0.29) is 18.1 Å². The summed E-state index contributed by atoms with van der Waals surface area (Å²) in [6.07, 6.45) is 8.05. The molecule has 1 atom stereocenters. The maximum atomic E-state index is 12.2. The molecule has 18 heavy (non-hydrogen) atoms. The van der Waals surface area contributed by atoms with E-state index in [1.54, 1.807) is 0 Å². The third-order valence-electron chi connectivity index (χ3n) is 3.73. The molecule has 1 fully saturated rings. The second kappa shape index (κ2) is 8.48. The van der Waals surface area contributed by atoms with Crippen molar-refractivity contribution in [3.05, 3.63) is 0 Å². The molecule has 0 radical (unpaired) electrons. The minimum Gasteiger partial charge on any atom is -0.396 e. The van der Waals surface area contributed by atoms with Gasteiger partial charge < -0.3 is 15.7 Å². The average Bonchev–Trinajstić information content (AvgIpc) is 2.83. The minimum atomic E-state index is -0.292. The molecule has 1 heterocycles. The molecule has 1 aliphatic heterocycles. The van der Waals surface area contributed by atoms with Gasteiger partial charge in [0.05, 0.1) is 5.54 Å². The number of carbonyl (C=O) groups excluding carboxylic acids is 1. The molecule has 0 spiro atoms. The summed E-state index contributed by atoms with van der Waals surface area (Å²) in [6.45, 7) is 4.13. The van der Waals surface area contributed by atoms with Crippen LogP contribution < -0.4 is 10.6 Å². The lowest BCUT2D eigenvalue weighted by molar-refractivity contribution is -0.127. The summed E-state index contributed by atoms with van der Waals surface area (Å²) in [5.41, 5.74) is -0.292. The lowest BCUT2D eigenvalue weighted by atomic mass is 9.91. The molecular formula is C14H28N2O2. The molecule has 1 rings (SSSR count). The molecule has 1 saturated heterocycles. The van der Waals surface area contributed by atoms with Gasteiger partial charge in [0.2, 0.25) is 5.91 Å². The van der Waals surface area contributed by atoms with E-state index < -0.39 is 0 Å². The Kier molecular flexibility index (Phi) is 7.28. The molecule has 0 aromatic heterocycles. The number of hydrogen-bond acceptors (Lipinski definition) is 3. The summed E-state index contributed by atoms with van der Waals surface area (Å²) in [6, 6.07) is 0. The summed E-state index contributed by atoms with van der Waals surface area (Å²) in [5.74, 6) is 0.184. The van der Waals surface area contributed by atoms with Gasteiger partial charge in [-0.2, -0.15) is 0 Å². The normalized spacial score (nSPS) is 23.2. The van der Waals surface area contributed by atoms with E-state index in [1.165, 1.54) is 0 Å². The van der Waals surface area contributed by atoms with Gasteiger partial charge in [-0.15, -0.1) is 0 Å². The zero-order valence-electron chi connectivity index (χ0n) is 11.6. The van der Waals surface area contributed by atoms with Gasteiger partial charge in [-0.1, -0.05) is 26.2 Å². The fraction of sp³-hybridized carbons (Fsp3) is 0.929. The zero-order valence-corrected chi connectivity index (χ0v) is 11.6. The third-order valence-corrected chi connectivity index (χ3v) is 3.73. The maximum Gasteiger partial charge on any atom is 0.240 e. The van der Waals surface area contributed by atoms with Crippen LogP contribution in [0, 0.1) is 0 Å². The van der Waals surface area contributed by atoms with E-state index >= 15 is 0 Å². The molecular weight excluding hydrogens is 228 g/mol. The van der Waals surface area contributed by atoms with Crippen LogP contribution in [0.1, 0.15) is 58.3 Å². The molecule has 0 aliphatic carbocycles.